The van der Waals surface area contributed by atoms with Gasteiger partial charge in [-0.15, -0.1) is 0 Å². The van der Waals surface area contributed by atoms with Crippen LogP contribution in [-0.2, 0) is 6.54 Å². The van der Waals surface area contributed by atoms with E-state index in [0.29, 0.717) is 0 Å². The lowest BCUT2D eigenvalue weighted by atomic mass is 10.0. The van der Waals surface area contributed by atoms with Gasteiger partial charge in [-0.25, -0.2) is 4.79 Å². The standard InChI is InChI=1S/C24H31ClN4O/c1-19-5-4-6-20(17-19)18-27-11-9-21(10-12-27)26-24(30)29-15-13-28(14-16-29)23-8-3-2-7-22(23)25/h2-8,17,21H,9-16,18H2,1H3,(H,26,30). The number of nitrogens with one attached hydrogen (secondary N) is 1. The van der Waals surface area contributed by atoms with Crippen molar-refractivity contribution in [3.05, 3.63) is 64.7 Å². The minimum atomic E-state index is 0.0749. The van der Waals surface area contributed by atoms with Crippen LogP contribution in [0.4, 0.5) is 10.5 Å². The number of likely N-dealkylation sites (tertiary alicyclic amines) is 1. The van der Waals surface area contributed by atoms with Crippen molar-refractivity contribution in [1.82, 2.24) is 15.1 Å². The number of hydrogen-bond acceptors (Lipinski definition) is 3. The summed E-state index contributed by atoms with van der Waals surface area (Å²) in [5.41, 5.74) is 3.73. The van der Waals surface area contributed by atoms with Crippen molar-refractivity contribution >= 4 is 23.3 Å². The topological polar surface area (TPSA) is 38.8 Å². The third-order valence-electron chi connectivity index (χ3n) is 6.16. The second-order valence-corrected chi connectivity index (χ2v) is 8.82. The number of piperazine rings is 1. The van der Waals surface area contributed by atoms with Crippen LogP contribution in [0.5, 0.6) is 0 Å². The summed E-state index contributed by atoms with van der Waals surface area (Å²) in [5.74, 6) is 0. The van der Waals surface area contributed by atoms with Gasteiger partial charge >= 0.3 is 6.03 Å². The number of carbonyl (C=O) groups excluding carboxylic acids is 1. The fourth-order valence-corrected chi connectivity index (χ4v) is 4.68. The van der Waals surface area contributed by atoms with Gasteiger partial charge < -0.3 is 15.1 Å². The number of hydrogen-bond donors (Lipinski definition) is 1. The Kier molecular flexibility index (Phi) is 6.80. The highest BCUT2D eigenvalue weighted by Crippen LogP contribution is 2.26. The molecule has 2 amide bonds. The predicted octanol–water partition coefficient (Wildman–Crippen LogP) is 4.14. The van der Waals surface area contributed by atoms with E-state index in [2.05, 4.69) is 46.3 Å². The maximum Gasteiger partial charge on any atom is 0.317 e. The van der Waals surface area contributed by atoms with Crippen molar-refractivity contribution in [2.75, 3.05) is 44.2 Å². The lowest BCUT2D eigenvalue weighted by Crippen LogP contribution is -2.54. The van der Waals surface area contributed by atoms with Gasteiger partial charge in [-0.3, -0.25) is 4.90 Å². The minimum Gasteiger partial charge on any atom is -0.367 e. The first-order valence-corrected chi connectivity index (χ1v) is 11.3. The van der Waals surface area contributed by atoms with Crippen molar-refractivity contribution in [3.63, 3.8) is 0 Å². The van der Waals surface area contributed by atoms with Crippen LogP contribution in [0, 0.1) is 6.92 Å². The lowest BCUT2D eigenvalue weighted by Gasteiger charge is -2.38. The van der Waals surface area contributed by atoms with Gasteiger partial charge in [-0.1, -0.05) is 53.6 Å². The molecule has 2 aliphatic heterocycles. The Morgan fingerprint density at radius 3 is 2.43 bits per heavy atom. The van der Waals surface area contributed by atoms with E-state index >= 15 is 0 Å². The normalized spacial score (nSPS) is 18.5. The Labute approximate surface area is 184 Å². The molecule has 0 atom stereocenters. The molecule has 30 heavy (non-hydrogen) atoms. The van der Waals surface area contributed by atoms with Gasteiger partial charge in [0.1, 0.15) is 0 Å². The molecule has 0 saturated carbocycles. The molecule has 0 aromatic heterocycles. The van der Waals surface area contributed by atoms with Crippen molar-refractivity contribution in [1.29, 1.82) is 0 Å². The Hall–Kier alpha value is -2.24. The van der Waals surface area contributed by atoms with E-state index in [1.165, 1.54) is 11.1 Å². The monoisotopic (exact) mass is 426 g/mol. The van der Waals surface area contributed by atoms with Crippen LogP contribution in [0.3, 0.4) is 0 Å². The molecule has 1 N–H and O–H groups in total. The SMILES string of the molecule is Cc1cccc(CN2CCC(NC(=O)N3CCN(c4ccccc4Cl)CC3)CC2)c1. The smallest absolute Gasteiger partial charge is 0.317 e. The van der Waals surface area contributed by atoms with Crippen LogP contribution < -0.4 is 10.2 Å². The molecule has 5 nitrogen and oxygen atoms in total. The molecule has 0 bridgehead atoms. The highest BCUT2D eigenvalue weighted by molar-refractivity contribution is 6.33. The summed E-state index contributed by atoms with van der Waals surface area (Å²) in [7, 11) is 0. The molecule has 4 rings (SSSR count). The molecule has 160 valence electrons. The average Bonchev–Trinajstić information content (AvgIpc) is 2.76. The number of benzene rings is 2. The van der Waals surface area contributed by atoms with Gasteiger partial charge in [-0.2, -0.15) is 0 Å². The Bertz CT molecular complexity index is 858. The number of piperidine rings is 1. The lowest BCUT2D eigenvalue weighted by molar-refractivity contribution is 0.167. The Morgan fingerprint density at radius 1 is 1.00 bits per heavy atom. The molecule has 0 aliphatic carbocycles. The molecule has 2 aromatic carbocycles. The molecule has 6 heteroatoms. The number of amides is 2. The summed E-state index contributed by atoms with van der Waals surface area (Å²) in [5, 5.41) is 4.03. The molecular weight excluding hydrogens is 396 g/mol. The molecule has 2 heterocycles. The predicted molar refractivity (Wildman–Crippen MR) is 123 cm³/mol. The summed E-state index contributed by atoms with van der Waals surface area (Å²) in [6.45, 7) is 8.26. The first-order chi connectivity index (χ1) is 14.6. The summed E-state index contributed by atoms with van der Waals surface area (Å²) < 4.78 is 0. The maximum atomic E-state index is 12.7. The number of carbonyl (C=O) groups is 1. The summed E-state index contributed by atoms with van der Waals surface area (Å²) in [4.78, 5) is 19.4. The Morgan fingerprint density at radius 2 is 1.73 bits per heavy atom. The van der Waals surface area contributed by atoms with Crippen molar-refractivity contribution in [2.24, 2.45) is 0 Å². The van der Waals surface area contributed by atoms with E-state index in [-0.39, 0.29) is 12.1 Å². The quantitative estimate of drug-likeness (QED) is 0.798. The van der Waals surface area contributed by atoms with Crippen LogP contribution in [0.15, 0.2) is 48.5 Å². The van der Waals surface area contributed by atoms with Crippen LogP contribution >= 0.6 is 11.6 Å². The summed E-state index contributed by atoms with van der Waals surface area (Å²) >= 11 is 6.32. The number of aryl methyl sites for hydroxylation is 1. The van der Waals surface area contributed by atoms with E-state index in [4.69, 9.17) is 11.6 Å². The van der Waals surface area contributed by atoms with Crippen LogP contribution in [0.2, 0.25) is 5.02 Å². The summed E-state index contributed by atoms with van der Waals surface area (Å²) in [6.07, 6.45) is 2.02. The van der Waals surface area contributed by atoms with Gasteiger partial charge in [0, 0.05) is 51.9 Å². The molecular formula is C24H31ClN4O. The fraction of sp³-hybridized carbons (Fsp3) is 0.458. The van der Waals surface area contributed by atoms with Crippen molar-refractivity contribution < 1.29 is 4.79 Å². The van der Waals surface area contributed by atoms with Crippen molar-refractivity contribution in [2.45, 2.75) is 32.4 Å². The first-order valence-electron chi connectivity index (χ1n) is 10.9. The second-order valence-electron chi connectivity index (χ2n) is 8.41. The van der Waals surface area contributed by atoms with E-state index in [9.17, 15) is 4.79 Å². The number of anilines is 1. The van der Waals surface area contributed by atoms with Crippen LogP contribution in [-0.4, -0.2) is 61.1 Å². The minimum absolute atomic E-state index is 0.0749. The van der Waals surface area contributed by atoms with Gasteiger partial charge in [0.15, 0.2) is 0 Å². The molecule has 2 aromatic rings. The second kappa shape index (κ2) is 9.71. The highest BCUT2D eigenvalue weighted by atomic mass is 35.5. The zero-order valence-electron chi connectivity index (χ0n) is 17.7. The zero-order chi connectivity index (χ0) is 20.9. The number of para-hydroxylation sites is 1. The van der Waals surface area contributed by atoms with E-state index in [1.807, 2.05) is 29.2 Å². The zero-order valence-corrected chi connectivity index (χ0v) is 18.4. The molecule has 0 spiro atoms. The average molecular weight is 427 g/mol. The highest BCUT2D eigenvalue weighted by Gasteiger charge is 2.26. The third kappa shape index (κ3) is 5.27. The molecule has 2 saturated heterocycles. The van der Waals surface area contributed by atoms with Crippen molar-refractivity contribution in [3.8, 4) is 0 Å². The molecule has 0 unspecified atom stereocenters. The maximum absolute atomic E-state index is 12.7. The van der Waals surface area contributed by atoms with Gasteiger partial charge in [0.2, 0.25) is 0 Å². The van der Waals surface area contributed by atoms with E-state index < -0.39 is 0 Å². The third-order valence-corrected chi connectivity index (χ3v) is 6.48. The molecule has 0 radical (unpaired) electrons. The fourth-order valence-electron chi connectivity index (χ4n) is 4.43. The van der Waals surface area contributed by atoms with Crippen LogP contribution in [0.1, 0.15) is 24.0 Å². The Balaban J connectivity index is 1.20. The van der Waals surface area contributed by atoms with Gasteiger partial charge in [0.05, 0.1) is 10.7 Å². The molecule has 2 fully saturated rings. The van der Waals surface area contributed by atoms with Gasteiger partial charge in [0.25, 0.3) is 0 Å². The first kappa shape index (κ1) is 21.0. The summed E-state index contributed by atoms with van der Waals surface area (Å²) in [6, 6.07) is 17.0. The largest absolute Gasteiger partial charge is 0.367 e. The number of nitrogens with zero attached hydrogens (tertiary/aromatic N) is 3. The van der Waals surface area contributed by atoms with Gasteiger partial charge in [-0.05, 0) is 37.5 Å². The molecule has 2 aliphatic rings. The van der Waals surface area contributed by atoms with E-state index in [1.54, 1.807) is 0 Å². The van der Waals surface area contributed by atoms with Crippen LogP contribution in [0.25, 0.3) is 0 Å². The number of rotatable bonds is 4. The van der Waals surface area contributed by atoms with E-state index in [0.717, 1.165) is 69.4 Å². The number of halogens is 1. The number of urea groups is 1.